The number of amides is 1. The van der Waals surface area contributed by atoms with E-state index in [4.69, 9.17) is 0 Å². The van der Waals surface area contributed by atoms with Gasteiger partial charge in [-0.2, -0.15) is 0 Å². The van der Waals surface area contributed by atoms with Crippen molar-refractivity contribution in [2.75, 3.05) is 36.8 Å². The number of pyridine rings is 1. The van der Waals surface area contributed by atoms with Crippen LogP contribution in [-0.2, 0) is 6.54 Å². The Bertz CT molecular complexity index is 1320. The fraction of sp³-hybridized carbons (Fsp3) is 0.214. The van der Waals surface area contributed by atoms with Crippen LogP contribution in [0.15, 0.2) is 79.3 Å². The second-order valence-corrected chi connectivity index (χ2v) is 8.84. The van der Waals surface area contributed by atoms with Crippen LogP contribution in [0.3, 0.4) is 0 Å². The van der Waals surface area contributed by atoms with Crippen molar-refractivity contribution in [1.82, 2.24) is 25.2 Å². The van der Waals surface area contributed by atoms with Gasteiger partial charge in [0, 0.05) is 73.8 Å². The van der Waals surface area contributed by atoms with Crippen LogP contribution in [0, 0.1) is 6.92 Å². The molecule has 4 aromatic rings. The Hall–Kier alpha value is -4.14. The van der Waals surface area contributed by atoms with Crippen molar-refractivity contribution in [2.24, 2.45) is 0 Å². The summed E-state index contributed by atoms with van der Waals surface area (Å²) >= 11 is 0. The zero-order valence-corrected chi connectivity index (χ0v) is 20.2. The average molecular weight is 482 g/mol. The first-order valence-electron chi connectivity index (χ1n) is 12.1. The van der Waals surface area contributed by atoms with E-state index in [1.165, 1.54) is 5.56 Å². The molecule has 1 saturated heterocycles. The van der Waals surface area contributed by atoms with Crippen LogP contribution >= 0.6 is 0 Å². The maximum absolute atomic E-state index is 12.9. The van der Waals surface area contributed by atoms with Gasteiger partial charge in [0.25, 0.3) is 5.91 Å². The highest BCUT2D eigenvalue weighted by atomic mass is 16.1. The van der Waals surface area contributed by atoms with Crippen LogP contribution in [-0.4, -0.2) is 51.9 Å². The molecule has 182 valence electrons. The monoisotopic (exact) mass is 481 g/mol. The molecular weight excluding hydrogens is 452 g/mol. The number of benzene rings is 2. The number of aromatic nitrogens is 3. The van der Waals surface area contributed by atoms with Gasteiger partial charge >= 0.3 is 0 Å². The van der Waals surface area contributed by atoms with Gasteiger partial charge in [0.15, 0.2) is 0 Å². The number of nitrogens with zero attached hydrogens (tertiary/aromatic N) is 4. The summed E-state index contributed by atoms with van der Waals surface area (Å²) in [5.41, 5.74) is 6.07. The smallest absolute Gasteiger partial charge is 0.255 e. The van der Waals surface area contributed by atoms with Gasteiger partial charge in [-0.05, 0) is 60.5 Å². The Morgan fingerprint density at radius 1 is 1.06 bits per heavy atom. The van der Waals surface area contributed by atoms with E-state index in [2.05, 4.69) is 35.8 Å². The van der Waals surface area contributed by atoms with Gasteiger partial charge in [-0.15, -0.1) is 0 Å². The molecule has 8 heteroatoms. The Morgan fingerprint density at radius 3 is 2.67 bits per heavy atom. The van der Waals surface area contributed by atoms with E-state index < -0.39 is 0 Å². The maximum Gasteiger partial charge on any atom is 0.255 e. The molecule has 1 fully saturated rings. The molecule has 0 atom stereocenters. The summed E-state index contributed by atoms with van der Waals surface area (Å²) in [5, 5.41) is 9.65. The van der Waals surface area contributed by atoms with Crippen LogP contribution in [0.25, 0.3) is 11.3 Å². The molecule has 0 saturated carbocycles. The van der Waals surface area contributed by atoms with Gasteiger partial charge in [0.1, 0.15) is 0 Å². The molecule has 1 aliphatic heterocycles. The van der Waals surface area contributed by atoms with E-state index in [0.717, 1.165) is 55.2 Å². The fourth-order valence-electron chi connectivity index (χ4n) is 4.14. The number of anilines is 3. The third-order valence-electron chi connectivity index (χ3n) is 6.19. The van der Waals surface area contributed by atoms with Crippen molar-refractivity contribution >= 4 is 23.2 Å². The van der Waals surface area contributed by atoms with Crippen LogP contribution < -0.4 is 16.0 Å². The molecule has 8 nitrogen and oxygen atoms in total. The van der Waals surface area contributed by atoms with Crippen LogP contribution in [0.2, 0.25) is 0 Å². The summed E-state index contributed by atoms with van der Waals surface area (Å²) in [7, 11) is 0. The Kier molecular flexibility index (Phi) is 7.25. The lowest BCUT2D eigenvalue weighted by Gasteiger charge is -2.27. The number of hydrogen-bond donors (Lipinski definition) is 3. The molecule has 3 N–H and O–H groups in total. The first kappa shape index (κ1) is 23.6. The zero-order valence-electron chi connectivity index (χ0n) is 20.2. The van der Waals surface area contributed by atoms with Crippen molar-refractivity contribution in [3.63, 3.8) is 0 Å². The van der Waals surface area contributed by atoms with E-state index in [9.17, 15) is 4.79 Å². The second kappa shape index (κ2) is 11.1. The van der Waals surface area contributed by atoms with Gasteiger partial charge in [0.05, 0.1) is 5.69 Å². The largest absolute Gasteiger partial charge is 0.324 e. The molecule has 36 heavy (non-hydrogen) atoms. The third kappa shape index (κ3) is 5.91. The molecule has 1 aliphatic rings. The van der Waals surface area contributed by atoms with Gasteiger partial charge in [-0.1, -0.05) is 18.2 Å². The lowest BCUT2D eigenvalue weighted by Crippen LogP contribution is -2.42. The highest BCUT2D eigenvalue weighted by molar-refractivity contribution is 6.04. The van der Waals surface area contributed by atoms with Crippen molar-refractivity contribution < 1.29 is 4.79 Å². The lowest BCUT2D eigenvalue weighted by molar-refractivity contribution is 0.102. The van der Waals surface area contributed by atoms with Crippen molar-refractivity contribution in [3.8, 4) is 11.3 Å². The summed E-state index contributed by atoms with van der Waals surface area (Å²) in [6.45, 7) is 7.04. The Labute approximate surface area is 210 Å². The molecule has 2 aromatic heterocycles. The maximum atomic E-state index is 12.9. The van der Waals surface area contributed by atoms with E-state index in [-0.39, 0.29) is 5.91 Å². The highest BCUT2D eigenvalue weighted by Crippen LogP contribution is 2.24. The number of carbonyl (C=O) groups is 1. The van der Waals surface area contributed by atoms with Crippen LogP contribution in [0.5, 0.6) is 0 Å². The molecule has 3 heterocycles. The quantitative estimate of drug-likeness (QED) is 0.363. The summed E-state index contributed by atoms with van der Waals surface area (Å²) < 4.78 is 0. The number of aryl methyl sites for hydroxylation is 1. The summed E-state index contributed by atoms with van der Waals surface area (Å²) in [6.07, 6.45) is 5.21. The summed E-state index contributed by atoms with van der Waals surface area (Å²) in [4.78, 5) is 28.4. The topological polar surface area (TPSA) is 95.1 Å². The number of piperazine rings is 1. The van der Waals surface area contributed by atoms with Crippen molar-refractivity contribution in [3.05, 3.63) is 95.9 Å². The van der Waals surface area contributed by atoms with Crippen LogP contribution in [0.1, 0.15) is 21.5 Å². The molecule has 0 bridgehead atoms. The molecular formula is C28H29N7O. The molecule has 0 radical (unpaired) electrons. The highest BCUT2D eigenvalue weighted by Gasteiger charge is 2.12. The summed E-state index contributed by atoms with van der Waals surface area (Å²) in [5.74, 6) is 0.330. The number of nitrogens with one attached hydrogen (secondary N) is 3. The molecule has 0 unspecified atom stereocenters. The van der Waals surface area contributed by atoms with E-state index in [1.807, 2.05) is 67.6 Å². The fourth-order valence-corrected chi connectivity index (χ4v) is 4.14. The number of rotatable bonds is 7. The predicted molar refractivity (Wildman–Crippen MR) is 142 cm³/mol. The second-order valence-electron chi connectivity index (χ2n) is 8.84. The van der Waals surface area contributed by atoms with Crippen molar-refractivity contribution in [2.45, 2.75) is 13.5 Å². The van der Waals surface area contributed by atoms with Gasteiger partial charge in [-0.3, -0.25) is 14.7 Å². The third-order valence-corrected chi connectivity index (χ3v) is 6.19. The SMILES string of the molecule is Cc1ccc(NC(=O)c2ccc(CN3CCNCC3)cc2)cc1N[14c]1nccc(-c2cccnc2)n1. The number of carbonyl (C=O) groups excluding carboxylic acids is 1. The first-order chi connectivity index (χ1) is 17.6. The Morgan fingerprint density at radius 2 is 1.89 bits per heavy atom. The molecule has 0 aliphatic carbocycles. The normalized spacial score (nSPS) is 13.8. The minimum Gasteiger partial charge on any atom is -0.324 e. The molecule has 2 aromatic carbocycles. The van der Waals surface area contributed by atoms with Gasteiger partial charge in [0.2, 0.25) is 5.95 Å². The Balaban J connectivity index is 1.25. The minimum atomic E-state index is -0.145. The standard InChI is InChI=1S/C28H29N7O/c1-20-4-9-24(17-26(20)34-28-31-12-10-25(33-28)23-3-2-11-30-18-23)32-27(36)22-7-5-21(6-8-22)19-35-15-13-29-14-16-35/h2-12,17-18,29H,13-16,19H2,1H3,(H,32,36)(H,31,33,34)/i28+2. The van der Waals surface area contributed by atoms with Gasteiger partial charge in [-0.25, -0.2) is 9.97 Å². The van der Waals surface area contributed by atoms with Gasteiger partial charge < -0.3 is 16.0 Å². The number of hydrogen-bond acceptors (Lipinski definition) is 7. The average Bonchev–Trinajstić information content (AvgIpc) is 2.92. The van der Waals surface area contributed by atoms with E-state index in [0.29, 0.717) is 17.2 Å². The molecule has 5 rings (SSSR count). The molecule has 1 amide bonds. The minimum absolute atomic E-state index is 0.145. The van der Waals surface area contributed by atoms with E-state index in [1.54, 1.807) is 18.6 Å². The summed E-state index contributed by atoms with van der Waals surface area (Å²) in [6, 6.07) is 19.3. The molecule has 0 spiro atoms. The predicted octanol–water partition coefficient (Wildman–Crippen LogP) is 4.25. The van der Waals surface area contributed by atoms with Crippen molar-refractivity contribution in [1.29, 1.82) is 0 Å². The first-order valence-corrected chi connectivity index (χ1v) is 12.1. The van der Waals surface area contributed by atoms with Crippen LogP contribution in [0.4, 0.5) is 17.3 Å². The van der Waals surface area contributed by atoms with E-state index >= 15 is 0 Å². The zero-order chi connectivity index (χ0) is 24.7. The lowest BCUT2D eigenvalue weighted by atomic mass is 10.1.